The predicted octanol–water partition coefficient (Wildman–Crippen LogP) is 1.68. The molecule has 0 aromatic rings. The summed E-state index contributed by atoms with van der Waals surface area (Å²) in [7, 11) is 0. The summed E-state index contributed by atoms with van der Waals surface area (Å²) in [6, 6.07) is 0. The molecule has 88 valence electrons. The van der Waals surface area contributed by atoms with E-state index in [-0.39, 0.29) is 0 Å². The Bertz CT molecular complexity index is 188. The molecule has 0 aliphatic heterocycles. The first-order valence-corrected chi connectivity index (χ1v) is 6.00. The van der Waals surface area contributed by atoms with Crippen LogP contribution in [-0.4, -0.2) is 24.1 Å². The van der Waals surface area contributed by atoms with Crippen LogP contribution in [0.2, 0.25) is 0 Å². The second-order valence-electron chi connectivity index (χ2n) is 4.38. The maximum atomic E-state index is 8.32. The van der Waals surface area contributed by atoms with Gasteiger partial charge >= 0.3 is 0 Å². The monoisotopic (exact) mass is 213 g/mol. The van der Waals surface area contributed by atoms with Crippen molar-refractivity contribution in [3.05, 3.63) is 0 Å². The van der Waals surface area contributed by atoms with Crippen molar-refractivity contribution in [3.63, 3.8) is 0 Å². The van der Waals surface area contributed by atoms with Crippen molar-refractivity contribution >= 4 is 5.84 Å². The molecule has 0 heterocycles. The normalized spacial score (nSPS) is 18.5. The highest BCUT2D eigenvalue weighted by atomic mass is 16.4. The fourth-order valence-corrected chi connectivity index (χ4v) is 2.21. The van der Waals surface area contributed by atoms with Gasteiger partial charge in [-0.25, -0.2) is 0 Å². The number of oxime groups is 1. The summed E-state index contributed by atoms with van der Waals surface area (Å²) in [6.45, 7) is 1.86. The lowest BCUT2D eigenvalue weighted by Crippen LogP contribution is -2.23. The van der Waals surface area contributed by atoms with Crippen LogP contribution in [0.15, 0.2) is 5.16 Å². The van der Waals surface area contributed by atoms with Crippen molar-refractivity contribution in [2.24, 2.45) is 16.8 Å². The Morgan fingerprint density at radius 1 is 1.33 bits per heavy atom. The maximum absolute atomic E-state index is 8.32. The zero-order chi connectivity index (χ0) is 10.9. The van der Waals surface area contributed by atoms with Crippen molar-refractivity contribution < 1.29 is 5.21 Å². The molecule has 0 saturated heterocycles. The average Bonchev–Trinajstić information content (AvgIpc) is 2.75. The molecule has 0 aromatic heterocycles. The molecule has 0 radical (unpaired) electrons. The van der Waals surface area contributed by atoms with Gasteiger partial charge in [0, 0.05) is 13.0 Å². The van der Waals surface area contributed by atoms with Gasteiger partial charge < -0.3 is 16.3 Å². The minimum atomic E-state index is 0.304. The number of nitrogens with two attached hydrogens (primary N) is 1. The van der Waals surface area contributed by atoms with E-state index in [0.29, 0.717) is 12.3 Å². The summed E-state index contributed by atoms with van der Waals surface area (Å²) < 4.78 is 0. The van der Waals surface area contributed by atoms with Crippen molar-refractivity contribution in [1.82, 2.24) is 5.32 Å². The molecule has 1 rings (SSSR count). The summed E-state index contributed by atoms with van der Waals surface area (Å²) in [5.74, 6) is 1.29. The molecule has 0 amide bonds. The van der Waals surface area contributed by atoms with Crippen LogP contribution in [0.5, 0.6) is 0 Å². The van der Waals surface area contributed by atoms with E-state index in [2.05, 4.69) is 10.5 Å². The summed E-state index contributed by atoms with van der Waals surface area (Å²) in [5.41, 5.74) is 5.35. The van der Waals surface area contributed by atoms with Gasteiger partial charge in [0.05, 0.1) is 0 Å². The molecule has 1 aliphatic carbocycles. The van der Waals surface area contributed by atoms with Crippen LogP contribution < -0.4 is 11.1 Å². The fourth-order valence-electron chi connectivity index (χ4n) is 2.21. The van der Waals surface area contributed by atoms with Crippen molar-refractivity contribution in [3.8, 4) is 0 Å². The van der Waals surface area contributed by atoms with E-state index in [1.807, 2.05) is 0 Å². The summed E-state index contributed by atoms with van der Waals surface area (Å²) >= 11 is 0. The Morgan fingerprint density at radius 2 is 2.07 bits per heavy atom. The van der Waals surface area contributed by atoms with E-state index >= 15 is 0 Å². The molecule has 4 N–H and O–H groups in total. The molecule has 4 heteroatoms. The smallest absolute Gasteiger partial charge is 0.140 e. The lowest BCUT2D eigenvalue weighted by atomic mass is 10.0. The number of rotatable bonds is 7. The van der Waals surface area contributed by atoms with Crippen LogP contribution in [-0.2, 0) is 0 Å². The van der Waals surface area contributed by atoms with Gasteiger partial charge in [-0.2, -0.15) is 0 Å². The molecule has 0 spiro atoms. The summed E-state index contributed by atoms with van der Waals surface area (Å²) in [4.78, 5) is 0. The van der Waals surface area contributed by atoms with Gasteiger partial charge in [0.25, 0.3) is 0 Å². The van der Waals surface area contributed by atoms with Gasteiger partial charge in [-0.05, 0) is 25.3 Å². The second kappa shape index (κ2) is 7.51. The lowest BCUT2D eigenvalue weighted by Gasteiger charge is -2.08. The number of hydrogen-bond donors (Lipinski definition) is 3. The van der Waals surface area contributed by atoms with Crippen molar-refractivity contribution in [2.45, 2.75) is 44.9 Å². The molecule has 4 nitrogen and oxygen atoms in total. The summed E-state index contributed by atoms with van der Waals surface area (Å²) in [6.07, 6.45) is 8.97. The minimum absolute atomic E-state index is 0.304. The first kappa shape index (κ1) is 12.3. The highest BCUT2D eigenvalue weighted by Crippen LogP contribution is 2.28. The van der Waals surface area contributed by atoms with Gasteiger partial charge in [0.15, 0.2) is 0 Å². The van der Waals surface area contributed by atoms with E-state index in [9.17, 15) is 0 Å². The third-order valence-electron chi connectivity index (χ3n) is 3.13. The number of amidine groups is 1. The van der Waals surface area contributed by atoms with E-state index in [1.165, 1.54) is 38.5 Å². The van der Waals surface area contributed by atoms with Crippen LogP contribution in [0.25, 0.3) is 0 Å². The molecule has 0 bridgehead atoms. The third kappa shape index (κ3) is 5.62. The summed E-state index contributed by atoms with van der Waals surface area (Å²) in [5, 5.41) is 14.5. The van der Waals surface area contributed by atoms with Gasteiger partial charge in [0.2, 0.25) is 0 Å². The molecular weight excluding hydrogens is 190 g/mol. The number of hydrogen-bond acceptors (Lipinski definition) is 3. The standard InChI is InChI=1S/C11H23N3O/c12-11(14-15)7-9-13-8-3-6-10-4-1-2-5-10/h10,13,15H,1-9H2,(H2,12,14). The Balaban J connectivity index is 1.84. The van der Waals surface area contributed by atoms with Gasteiger partial charge in [0.1, 0.15) is 5.84 Å². The average molecular weight is 213 g/mol. The second-order valence-corrected chi connectivity index (χ2v) is 4.38. The molecular formula is C11H23N3O. The lowest BCUT2D eigenvalue weighted by molar-refractivity contribution is 0.316. The van der Waals surface area contributed by atoms with E-state index in [0.717, 1.165) is 19.0 Å². The minimum Gasteiger partial charge on any atom is -0.409 e. The van der Waals surface area contributed by atoms with Gasteiger partial charge in [-0.15, -0.1) is 0 Å². The topological polar surface area (TPSA) is 70.6 Å². The van der Waals surface area contributed by atoms with Gasteiger partial charge in [-0.3, -0.25) is 0 Å². The molecule has 0 aromatic carbocycles. The highest BCUT2D eigenvalue weighted by molar-refractivity contribution is 5.79. The third-order valence-corrected chi connectivity index (χ3v) is 3.13. The Hall–Kier alpha value is -0.770. The van der Waals surface area contributed by atoms with E-state index < -0.39 is 0 Å². The van der Waals surface area contributed by atoms with Crippen LogP contribution in [0, 0.1) is 5.92 Å². The quantitative estimate of drug-likeness (QED) is 0.198. The fraction of sp³-hybridized carbons (Fsp3) is 0.909. The van der Waals surface area contributed by atoms with Crippen LogP contribution in [0.3, 0.4) is 0 Å². The van der Waals surface area contributed by atoms with E-state index in [4.69, 9.17) is 10.9 Å². The molecule has 1 saturated carbocycles. The van der Waals surface area contributed by atoms with Crippen LogP contribution in [0.1, 0.15) is 44.9 Å². The highest BCUT2D eigenvalue weighted by Gasteiger charge is 2.13. The van der Waals surface area contributed by atoms with Crippen molar-refractivity contribution in [2.75, 3.05) is 13.1 Å². The first-order valence-electron chi connectivity index (χ1n) is 6.00. The molecule has 1 fully saturated rings. The predicted molar refractivity (Wildman–Crippen MR) is 62.1 cm³/mol. The molecule has 15 heavy (non-hydrogen) atoms. The maximum Gasteiger partial charge on any atom is 0.140 e. The zero-order valence-electron chi connectivity index (χ0n) is 9.41. The SMILES string of the molecule is NC(CCNCCCC1CCCC1)=NO. The van der Waals surface area contributed by atoms with Crippen LogP contribution in [0.4, 0.5) is 0 Å². The van der Waals surface area contributed by atoms with E-state index in [1.54, 1.807) is 0 Å². The number of nitrogens with one attached hydrogen (secondary N) is 1. The first-order chi connectivity index (χ1) is 7.33. The number of nitrogens with zero attached hydrogens (tertiary/aromatic N) is 1. The zero-order valence-corrected chi connectivity index (χ0v) is 9.41. The Kier molecular flexibility index (Phi) is 6.16. The largest absolute Gasteiger partial charge is 0.409 e. The molecule has 0 unspecified atom stereocenters. The van der Waals surface area contributed by atoms with Gasteiger partial charge in [-0.1, -0.05) is 30.8 Å². The van der Waals surface area contributed by atoms with Crippen molar-refractivity contribution in [1.29, 1.82) is 0 Å². The molecule has 1 aliphatic rings. The molecule has 0 atom stereocenters. The Morgan fingerprint density at radius 3 is 2.73 bits per heavy atom. The Labute approximate surface area is 91.9 Å². The van der Waals surface area contributed by atoms with Crippen LogP contribution >= 0.6 is 0 Å².